The summed E-state index contributed by atoms with van der Waals surface area (Å²) < 4.78 is 24.5. The summed E-state index contributed by atoms with van der Waals surface area (Å²) in [5.41, 5.74) is 0. The van der Waals surface area contributed by atoms with E-state index in [0.717, 1.165) is 12.8 Å². The van der Waals surface area contributed by atoms with Crippen LogP contribution in [0.3, 0.4) is 0 Å². The Bertz CT molecular complexity index is 79.6. The van der Waals surface area contributed by atoms with Crippen LogP contribution < -0.4 is 0 Å². The summed E-state index contributed by atoms with van der Waals surface area (Å²) in [6.07, 6.45) is 3.69. The highest BCUT2D eigenvalue weighted by Gasteiger charge is 1.87. The molecule has 0 aliphatic heterocycles. The Morgan fingerprint density at radius 3 is 3.29 bits per heavy atom. The van der Waals surface area contributed by atoms with Crippen LogP contribution in [0.2, 0.25) is 0 Å². The average Bonchev–Trinajstić information content (AvgIpc) is 1.78. The van der Waals surface area contributed by atoms with Gasteiger partial charge in [0.2, 0.25) is 0 Å². The summed E-state index contributed by atoms with van der Waals surface area (Å²) in [5, 5.41) is 0. The van der Waals surface area contributed by atoms with Gasteiger partial charge in [-0.1, -0.05) is 0 Å². The number of hydrogen-bond acceptors (Lipinski definition) is 1. The molecule has 0 amide bonds. The zero-order valence-electron chi connectivity index (χ0n) is 7.61. The van der Waals surface area contributed by atoms with Crippen molar-refractivity contribution in [3.63, 3.8) is 0 Å². The number of unbranched alkanes of at least 4 members (excludes halogenated alkanes) is 2. The van der Waals surface area contributed by atoms with Gasteiger partial charge < -0.3 is 4.74 Å². The number of ether oxygens (including phenoxy) is 1. The van der Waals surface area contributed by atoms with Crippen LogP contribution in [-0.4, -0.2) is 13.6 Å². The predicted octanol–water partition coefficient (Wildman–Crippen LogP) is 1.64. The first-order valence-electron chi connectivity index (χ1n) is 3.98. The van der Waals surface area contributed by atoms with E-state index in [1.807, 2.05) is 13.3 Å². The van der Waals surface area contributed by atoms with E-state index in [9.17, 15) is 0 Å². The quantitative estimate of drug-likeness (QED) is 0.389. The zero-order chi connectivity index (χ0) is 8.04. The summed E-state index contributed by atoms with van der Waals surface area (Å²) in [4.78, 5) is 0. The van der Waals surface area contributed by atoms with Gasteiger partial charge in [-0.3, -0.25) is 0 Å². The van der Waals surface area contributed by atoms with Crippen LogP contribution in [0, 0.1) is 6.42 Å². The van der Waals surface area contributed by atoms with E-state index < -0.39 is 7.04 Å². The number of rotatable bonds is 4. The molecule has 0 aliphatic rings. The van der Waals surface area contributed by atoms with Gasteiger partial charge in [0.15, 0.2) is 0 Å². The molecule has 0 N–H and O–H groups in total. The third-order valence-electron chi connectivity index (χ3n) is 0.739. The summed E-state index contributed by atoms with van der Waals surface area (Å²) in [5.74, 6) is 0. The molecular weight excluding hydrogens is 88.1 g/mol. The van der Waals surface area contributed by atoms with E-state index >= 15 is 0 Å². The van der Waals surface area contributed by atoms with Gasteiger partial charge in [-0.05, 0) is 0 Å². The lowest BCUT2D eigenvalue weighted by Gasteiger charge is -1.88. The summed E-state index contributed by atoms with van der Waals surface area (Å²) >= 11 is 0. The number of hydrogen-bond donors (Lipinski definition) is 0. The number of methoxy groups -OCH3 is 1. The molecule has 0 spiro atoms. The Balaban J connectivity index is 3.04. The third-order valence-corrected chi connectivity index (χ3v) is 0.739. The van der Waals surface area contributed by atoms with E-state index in [1.165, 1.54) is 0 Å². The second-order valence-electron chi connectivity index (χ2n) is 1.40. The van der Waals surface area contributed by atoms with Gasteiger partial charge in [0.05, 0.1) is 30.5 Å². The molecule has 0 saturated heterocycles. The van der Waals surface area contributed by atoms with Crippen LogP contribution in [-0.2, 0) is 4.74 Å². The lowest BCUT2D eigenvalue weighted by atomic mass is 10.3. The maximum Gasteiger partial charge on any atom is 0.0894 e. The molecule has 1 nitrogen and oxygen atoms in total. The molecule has 0 bridgehead atoms. The van der Waals surface area contributed by atoms with Crippen LogP contribution in [0.15, 0.2) is 0 Å². The molecule has 0 aromatic heterocycles. The fraction of sp³-hybridized carbons (Fsp3) is 0.833. The van der Waals surface area contributed by atoms with Crippen molar-refractivity contribution in [2.24, 2.45) is 0 Å². The van der Waals surface area contributed by atoms with Crippen molar-refractivity contribution in [2.45, 2.75) is 19.8 Å². The average molecular weight is 104 g/mol. The maximum atomic E-state index is 6.67. The van der Waals surface area contributed by atoms with Crippen molar-refractivity contribution in [1.82, 2.24) is 0 Å². The van der Waals surface area contributed by atoms with Gasteiger partial charge in [0.1, 0.15) is 0 Å². The van der Waals surface area contributed by atoms with Crippen molar-refractivity contribution in [3.8, 4) is 0 Å². The molecule has 1 heteroatoms. The molecule has 0 fully saturated rings. The first-order valence-corrected chi connectivity index (χ1v) is 2.48. The van der Waals surface area contributed by atoms with Crippen LogP contribution >= 0.6 is 0 Å². The standard InChI is InChI=1S/C6H13O/c1-3-4-5-6-7-2/h3H,4-6H2,1-2H3/q+1/i2D3. The molecule has 0 saturated carbocycles. The first kappa shape index (κ1) is 2.98. The summed E-state index contributed by atoms with van der Waals surface area (Å²) in [7, 11) is -2.21. The smallest absolute Gasteiger partial charge is 0.0894 e. The normalized spacial score (nSPS) is 17.0. The van der Waals surface area contributed by atoms with Gasteiger partial charge in [0.25, 0.3) is 0 Å². The predicted molar refractivity (Wildman–Crippen MR) is 31.1 cm³/mol. The Morgan fingerprint density at radius 1 is 1.86 bits per heavy atom. The molecule has 42 valence electrons. The fourth-order valence-corrected chi connectivity index (χ4v) is 0.360. The van der Waals surface area contributed by atoms with E-state index in [4.69, 9.17) is 4.11 Å². The van der Waals surface area contributed by atoms with Crippen molar-refractivity contribution < 1.29 is 8.85 Å². The molecular formula is C6H13O+. The highest BCUT2D eigenvalue weighted by molar-refractivity contribution is 4.53. The molecule has 0 aromatic carbocycles. The molecule has 7 heavy (non-hydrogen) atoms. The highest BCUT2D eigenvalue weighted by Crippen LogP contribution is 1.90. The maximum absolute atomic E-state index is 6.67. The van der Waals surface area contributed by atoms with Gasteiger partial charge in [-0.25, -0.2) is 0 Å². The molecule has 0 aliphatic carbocycles. The third kappa shape index (κ3) is 5.83. The monoisotopic (exact) mass is 104 g/mol. The van der Waals surface area contributed by atoms with Gasteiger partial charge in [0, 0.05) is 13.5 Å². The summed E-state index contributed by atoms with van der Waals surface area (Å²) in [6, 6.07) is 0. The van der Waals surface area contributed by atoms with Gasteiger partial charge in [-0.2, -0.15) is 0 Å². The van der Waals surface area contributed by atoms with Gasteiger partial charge >= 0.3 is 0 Å². The van der Waals surface area contributed by atoms with E-state index in [-0.39, 0.29) is 0 Å². The largest absolute Gasteiger partial charge is 0.385 e. The van der Waals surface area contributed by atoms with Crippen LogP contribution in [0.4, 0.5) is 0 Å². The molecule has 0 atom stereocenters. The Labute approximate surface area is 49.9 Å². The lowest BCUT2D eigenvalue weighted by Crippen LogP contribution is -1.86. The van der Waals surface area contributed by atoms with Crippen molar-refractivity contribution in [3.05, 3.63) is 6.42 Å². The molecule has 0 aromatic rings. The zero-order valence-corrected chi connectivity index (χ0v) is 4.61. The van der Waals surface area contributed by atoms with Crippen LogP contribution in [0.25, 0.3) is 0 Å². The molecule has 0 rings (SSSR count). The molecule has 0 heterocycles. The Hall–Kier alpha value is -0.170. The van der Waals surface area contributed by atoms with Crippen LogP contribution in [0.5, 0.6) is 0 Å². The van der Waals surface area contributed by atoms with Crippen LogP contribution in [0.1, 0.15) is 23.9 Å². The summed E-state index contributed by atoms with van der Waals surface area (Å²) in [6.45, 7) is 2.26. The van der Waals surface area contributed by atoms with E-state index in [2.05, 4.69) is 4.74 Å². The second kappa shape index (κ2) is 5.83. The van der Waals surface area contributed by atoms with Crippen molar-refractivity contribution in [2.75, 3.05) is 13.6 Å². The minimum absolute atomic E-state index is 0.320. The second-order valence-corrected chi connectivity index (χ2v) is 1.40. The van der Waals surface area contributed by atoms with Crippen molar-refractivity contribution in [1.29, 1.82) is 0 Å². The first-order chi connectivity index (χ1) is 4.56. The molecule has 0 unspecified atom stereocenters. The minimum Gasteiger partial charge on any atom is -0.385 e. The fourth-order valence-electron chi connectivity index (χ4n) is 0.360. The minimum atomic E-state index is -2.21. The topological polar surface area (TPSA) is 9.23 Å². The SMILES string of the molecule is [2H]C([2H])([2H])OCCC[CH+]C. The van der Waals surface area contributed by atoms with E-state index in [0.29, 0.717) is 6.61 Å². The Kier molecular flexibility index (Phi) is 2.48. The van der Waals surface area contributed by atoms with Gasteiger partial charge in [-0.15, -0.1) is 0 Å². The lowest BCUT2D eigenvalue weighted by molar-refractivity contribution is 0.195. The highest BCUT2D eigenvalue weighted by atomic mass is 16.5. The van der Waals surface area contributed by atoms with Crippen molar-refractivity contribution >= 4 is 0 Å². The molecule has 0 radical (unpaired) electrons. The Morgan fingerprint density at radius 2 is 2.71 bits per heavy atom. The van der Waals surface area contributed by atoms with E-state index in [1.54, 1.807) is 0 Å².